The van der Waals surface area contributed by atoms with Gasteiger partial charge in [-0.2, -0.15) is 0 Å². The lowest BCUT2D eigenvalue weighted by Gasteiger charge is -2.10. The Bertz CT molecular complexity index is 690. The van der Waals surface area contributed by atoms with Gasteiger partial charge in [0.15, 0.2) is 0 Å². The maximum atomic E-state index is 12.3. The van der Waals surface area contributed by atoms with Crippen molar-refractivity contribution in [2.45, 2.75) is 32.4 Å². The third kappa shape index (κ3) is 2.44. The highest BCUT2D eigenvalue weighted by molar-refractivity contribution is 5.38. The van der Waals surface area contributed by atoms with Crippen molar-refractivity contribution < 1.29 is 4.74 Å². The Kier molecular flexibility index (Phi) is 3.28. The third-order valence-electron chi connectivity index (χ3n) is 3.47. The van der Waals surface area contributed by atoms with Crippen molar-refractivity contribution in [3.05, 3.63) is 52.1 Å². The smallest absolute Gasteiger partial charge is 0.313 e. The topological polar surface area (TPSA) is 70.1 Å². The zero-order valence-electron chi connectivity index (χ0n) is 11.4. The van der Waals surface area contributed by atoms with E-state index < -0.39 is 0 Å². The Morgan fingerprint density at radius 1 is 1.45 bits per heavy atom. The standard InChI is InChI=1S/C15H17N3O2/c1-10-2-3-11(9-16)8-13(10)20-14-15(19)18(7-6-17-14)12-4-5-12/h2-3,6-8,12H,4-5,9,16H2,1H3. The summed E-state index contributed by atoms with van der Waals surface area (Å²) in [4.78, 5) is 16.3. The number of benzene rings is 1. The number of nitrogens with zero attached hydrogens (tertiary/aromatic N) is 2. The van der Waals surface area contributed by atoms with Gasteiger partial charge in [0.2, 0.25) is 0 Å². The van der Waals surface area contributed by atoms with E-state index in [1.807, 2.05) is 25.1 Å². The van der Waals surface area contributed by atoms with E-state index in [-0.39, 0.29) is 11.4 Å². The van der Waals surface area contributed by atoms with Crippen molar-refractivity contribution in [1.29, 1.82) is 0 Å². The summed E-state index contributed by atoms with van der Waals surface area (Å²) in [5.74, 6) is 0.753. The van der Waals surface area contributed by atoms with Crippen molar-refractivity contribution >= 4 is 0 Å². The second-order valence-corrected chi connectivity index (χ2v) is 5.08. The molecular formula is C15H17N3O2. The molecule has 0 spiro atoms. The summed E-state index contributed by atoms with van der Waals surface area (Å²) in [6, 6.07) is 6.04. The number of hydrogen-bond donors (Lipinski definition) is 1. The third-order valence-corrected chi connectivity index (χ3v) is 3.47. The van der Waals surface area contributed by atoms with E-state index in [1.54, 1.807) is 17.0 Å². The van der Waals surface area contributed by atoms with Gasteiger partial charge in [0.25, 0.3) is 5.88 Å². The van der Waals surface area contributed by atoms with E-state index in [4.69, 9.17) is 10.5 Å². The fourth-order valence-corrected chi connectivity index (χ4v) is 2.10. The lowest BCUT2D eigenvalue weighted by atomic mass is 10.1. The first kappa shape index (κ1) is 12.9. The van der Waals surface area contributed by atoms with Crippen molar-refractivity contribution in [2.75, 3.05) is 0 Å². The van der Waals surface area contributed by atoms with E-state index in [0.29, 0.717) is 18.3 Å². The molecule has 20 heavy (non-hydrogen) atoms. The molecule has 1 fully saturated rings. The quantitative estimate of drug-likeness (QED) is 0.924. The fraction of sp³-hybridized carbons (Fsp3) is 0.333. The van der Waals surface area contributed by atoms with Crippen molar-refractivity contribution in [1.82, 2.24) is 9.55 Å². The van der Waals surface area contributed by atoms with Crippen LogP contribution in [0.15, 0.2) is 35.4 Å². The van der Waals surface area contributed by atoms with Gasteiger partial charge in [-0.3, -0.25) is 4.79 Å². The van der Waals surface area contributed by atoms with Crippen LogP contribution in [0.25, 0.3) is 0 Å². The van der Waals surface area contributed by atoms with Crippen LogP contribution in [0.4, 0.5) is 0 Å². The molecule has 1 heterocycles. The molecule has 0 aliphatic heterocycles. The summed E-state index contributed by atoms with van der Waals surface area (Å²) in [6.07, 6.45) is 5.42. The van der Waals surface area contributed by atoms with Crippen molar-refractivity contribution in [3.63, 3.8) is 0 Å². The molecule has 0 unspecified atom stereocenters. The lowest BCUT2D eigenvalue weighted by molar-refractivity contribution is 0.441. The monoisotopic (exact) mass is 271 g/mol. The van der Waals surface area contributed by atoms with E-state index in [9.17, 15) is 4.79 Å². The number of hydrogen-bond acceptors (Lipinski definition) is 4. The molecule has 0 amide bonds. The maximum absolute atomic E-state index is 12.3. The normalized spacial score (nSPS) is 14.3. The van der Waals surface area contributed by atoms with Gasteiger partial charge in [0.05, 0.1) is 0 Å². The molecule has 104 valence electrons. The van der Waals surface area contributed by atoms with Crippen LogP contribution in [-0.2, 0) is 6.54 Å². The Morgan fingerprint density at radius 3 is 2.95 bits per heavy atom. The van der Waals surface area contributed by atoms with E-state index >= 15 is 0 Å². The van der Waals surface area contributed by atoms with Gasteiger partial charge in [0.1, 0.15) is 5.75 Å². The molecule has 0 radical (unpaired) electrons. The van der Waals surface area contributed by atoms with Crippen LogP contribution >= 0.6 is 0 Å². The minimum atomic E-state index is -0.174. The Hall–Kier alpha value is -2.14. The summed E-state index contributed by atoms with van der Waals surface area (Å²) in [5, 5.41) is 0. The summed E-state index contributed by atoms with van der Waals surface area (Å²) in [6.45, 7) is 2.36. The average Bonchev–Trinajstić information content (AvgIpc) is 3.28. The van der Waals surface area contributed by atoms with Crippen LogP contribution < -0.4 is 16.0 Å². The van der Waals surface area contributed by atoms with Gasteiger partial charge in [0, 0.05) is 25.0 Å². The molecule has 1 aromatic heterocycles. The molecule has 1 aliphatic rings. The summed E-state index contributed by atoms with van der Waals surface area (Å²) in [7, 11) is 0. The highest BCUT2D eigenvalue weighted by Gasteiger charge is 2.25. The Labute approximate surface area is 117 Å². The van der Waals surface area contributed by atoms with E-state index in [2.05, 4.69) is 4.98 Å². The first-order chi connectivity index (χ1) is 9.69. The minimum absolute atomic E-state index is 0.122. The van der Waals surface area contributed by atoms with Crippen LogP contribution in [-0.4, -0.2) is 9.55 Å². The Balaban J connectivity index is 1.95. The zero-order chi connectivity index (χ0) is 14.1. The molecule has 3 rings (SSSR count). The van der Waals surface area contributed by atoms with Crippen LogP contribution in [0.1, 0.15) is 30.0 Å². The second kappa shape index (κ2) is 5.09. The molecule has 1 aliphatic carbocycles. The highest BCUT2D eigenvalue weighted by Crippen LogP contribution is 2.33. The number of aryl methyl sites for hydroxylation is 1. The Morgan fingerprint density at radius 2 is 2.25 bits per heavy atom. The van der Waals surface area contributed by atoms with Crippen molar-refractivity contribution in [3.8, 4) is 11.6 Å². The largest absolute Gasteiger partial charge is 0.434 e. The molecule has 0 bridgehead atoms. The highest BCUT2D eigenvalue weighted by atomic mass is 16.5. The first-order valence-corrected chi connectivity index (χ1v) is 6.73. The summed E-state index contributed by atoms with van der Waals surface area (Å²) >= 11 is 0. The SMILES string of the molecule is Cc1ccc(CN)cc1Oc1nccn(C2CC2)c1=O. The summed E-state index contributed by atoms with van der Waals surface area (Å²) in [5.41, 5.74) is 7.36. The average molecular weight is 271 g/mol. The molecule has 1 aromatic carbocycles. The molecular weight excluding hydrogens is 254 g/mol. The summed E-state index contributed by atoms with van der Waals surface area (Å²) < 4.78 is 7.40. The molecule has 0 saturated heterocycles. The van der Waals surface area contributed by atoms with Gasteiger partial charge < -0.3 is 15.0 Å². The molecule has 5 nitrogen and oxygen atoms in total. The van der Waals surface area contributed by atoms with Gasteiger partial charge in [-0.25, -0.2) is 4.98 Å². The van der Waals surface area contributed by atoms with Gasteiger partial charge in [-0.1, -0.05) is 12.1 Å². The van der Waals surface area contributed by atoms with Gasteiger partial charge in [-0.15, -0.1) is 0 Å². The predicted molar refractivity (Wildman–Crippen MR) is 75.9 cm³/mol. The van der Waals surface area contributed by atoms with Crippen molar-refractivity contribution in [2.24, 2.45) is 5.73 Å². The van der Waals surface area contributed by atoms with Crippen LogP contribution in [0.5, 0.6) is 11.6 Å². The van der Waals surface area contributed by atoms with Crippen LogP contribution in [0.2, 0.25) is 0 Å². The molecule has 5 heteroatoms. The maximum Gasteiger partial charge on any atom is 0.313 e. The van der Waals surface area contributed by atoms with Gasteiger partial charge >= 0.3 is 5.56 Å². The zero-order valence-corrected chi connectivity index (χ0v) is 11.4. The van der Waals surface area contributed by atoms with E-state index in [0.717, 1.165) is 24.0 Å². The molecule has 2 N–H and O–H groups in total. The minimum Gasteiger partial charge on any atom is -0.434 e. The van der Waals surface area contributed by atoms with Gasteiger partial charge in [-0.05, 0) is 37.0 Å². The molecule has 0 atom stereocenters. The second-order valence-electron chi connectivity index (χ2n) is 5.08. The van der Waals surface area contributed by atoms with Crippen LogP contribution in [0, 0.1) is 6.92 Å². The number of nitrogens with two attached hydrogens (primary N) is 1. The van der Waals surface area contributed by atoms with Crippen LogP contribution in [0.3, 0.4) is 0 Å². The molecule has 2 aromatic rings. The fourth-order valence-electron chi connectivity index (χ4n) is 2.10. The van der Waals surface area contributed by atoms with E-state index in [1.165, 1.54) is 0 Å². The lowest BCUT2D eigenvalue weighted by Crippen LogP contribution is -2.20. The predicted octanol–water partition coefficient (Wildman–Crippen LogP) is 2.14. The first-order valence-electron chi connectivity index (χ1n) is 6.73. The molecule has 1 saturated carbocycles. The number of aromatic nitrogens is 2. The number of ether oxygens (including phenoxy) is 1. The number of rotatable bonds is 4.